The average molecular weight is 370 g/mol. The minimum absolute atomic E-state index is 0.0303. The maximum atomic E-state index is 12.7. The number of carbonyl (C=O) groups excluding carboxylic acids is 1. The van der Waals surface area contributed by atoms with Crippen LogP contribution in [0.25, 0.3) is 6.08 Å². The third kappa shape index (κ3) is 5.86. The van der Waals surface area contributed by atoms with E-state index < -0.39 is 11.9 Å². The highest BCUT2D eigenvalue weighted by molar-refractivity contribution is 6.32. The van der Waals surface area contributed by atoms with Crippen molar-refractivity contribution >= 4 is 23.6 Å². The molecule has 0 fully saturated rings. The highest BCUT2D eigenvalue weighted by atomic mass is 35.5. The predicted molar refractivity (Wildman–Crippen MR) is 89.0 cm³/mol. The van der Waals surface area contributed by atoms with Crippen LogP contribution >= 0.6 is 11.6 Å². The normalized spacial score (nSPS) is 11.7. The molecule has 1 aromatic carbocycles. The number of carbonyl (C=O) groups is 1. The molecule has 0 aliphatic rings. The van der Waals surface area contributed by atoms with E-state index in [4.69, 9.17) is 11.6 Å². The zero-order valence-electron chi connectivity index (χ0n) is 13.3. The lowest BCUT2D eigenvalue weighted by atomic mass is 10.2. The third-order valence-corrected chi connectivity index (χ3v) is 3.50. The van der Waals surface area contributed by atoms with E-state index in [2.05, 4.69) is 15.3 Å². The monoisotopic (exact) mass is 369 g/mol. The number of nitrogens with zero attached hydrogens (tertiary/aromatic N) is 2. The molecule has 8 heteroatoms. The number of amides is 1. The first-order chi connectivity index (χ1) is 11.8. The fourth-order valence-corrected chi connectivity index (χ4v) is 2.22. The van der Waals surface area contributed by atoms with Gasteiger partial charge in [-0.2, -0.15) is 13.2 Å². The Morgan fingerprint density at radius 2 is 2.00 bits per heavy atom. The summed E-state index contributed by atoms with van der Waals surface area (Å²) in [6.45, 7) is 1.58. The summed E-state index contributed by atoms with van der Waals surface area (Å²) in [5.41, 5.74) is -0.0710. The number of benzene rings is 1. The molecule has 1 N–H and O–H groups in total. The van der Waals surface area contributed by atoms with Gasteiger partial charge in [0.25, 0.3) is 0 Å². The second kappa shape index (κ2) is 8.11. The summed E-state index contributed by atoms with van der Waals surface area (Å²) < 4.78 is 38.1. The third-order valence-electron chi connectivity index (χ3n) is 3.16. The fraction of sp³-hybridized carbons (Fsp3) is 0.235. The van der Waals surface area contributed by atoms with Crippen LogP contribution in [0.2, 0.25) is 5.02 Å². The van der Waals surface area contributed by atoms with Gasteiger partial charge >= 0.3 is 6.18 Å². The molecule has 2 rings (SSSR count). The molecule has 0 bridgehead atoms. The number of nitrogens with one attached hydrogen (secondary N) is 1. The summed E-state index contributed by atoms with van der Waals surface area (Å²) >= 11 is 5.97. The molecule has 2 aromatic rings. The Hall–Kier alpha value is -2.41. The molecule has 0 saturated carbocycles. The van der Waals surface area contributed by atoms with Crippen LogP contribution < -0.4 is 5.32 Å². The van der Waals surface area contributed by atoms with Crippen LogP contribution in [0.3, 0.4) is 0 Å². The highest BCUT2D eigenvalue weighted by Gasteiger charge is 2.33. The largest absolute Gasteiger partial charge is 0.433 e. The van der Waals surface area contributed by atoms with Gasteiger partial charge in [0, 0.05) is 29.8 Å². The fourth-order valence-electron chi connectivity index (χ4n) is 2.02. The van der Waals surface area contributed by atoms with Crippen molar-refractivity contribution in [3.05, 3.63) is 64.2 Å². The molecule has 1 amide bonds. The summed E-state index contributed by atoms with van der Waals surface area (Å²) in [6.07, 6.45) is -1.57. The van der Waals surface area contributed by atoms with Gasteiger partial charge in [-0.15, -0.1) is 0 Å². The number of halogens is 4. The van der Waals surface area contributed by atoms with Gasteiger partial charge in [-0.25, -0.2) is 9.97 Å². The number of hydrogen-bond donors (Lipinski definition) is 1. The Kier molecular flexibility index (Phi) is 6.14. The van der Waals surface area contributed by atoms with Crippen molar-refractivity contribution in [2.45, 2.75) is 19.5 Å². The second-order valence-corrected chi connectivity index (χ2v) is 5.61. The Balaban J connectivity index is 1.91. The molecule has 25 heavy (non-hydrogen) atoms. The SMILES string of the molecule is Cc1cc(C(F)(F)F)nc(CCNC(=O)C=Cc2ccccc2Cl)n1. The van der Waals surface area contributed by atoms with Crippen molar-refractivity contribution in [3.8, 4) is 0 Å². The Morgan fingerprint density at radius 3 is 2.68 bits per heavy atom. The van der Waals surface area contributed by atoms with Crippen molar-refractivity contribution < 1.29 is 18.0 Å². The number of hydrogen-bond acceptors (Lipinski definition) is 3. The Bertz CT molecular complexity index is 791. The average Bonchev–Trinajstić information content (AvgIpc) is 2.53. The molecular formula is C17H15ClF3N3O. The zero-order valence-corrected chi connectivity index (χ0v) is 14.0. The van der Waals surface area contributed by atoms with E-state index >= 15 is 0 Å². The molecule has 0 saturated heterocycles. The van der Waals surface area contributed by atoms with Crippen molar-refractivity contribution in [2.75, 3.05) is 6.54 Å². The van der Waals surface area contributed by atoms with Gasteiger partial charge in [-0.05, 0) is 30.7 Å². The summed E-state index contributed by atoms with van der Waals surface area (Å²) in [7, 11) is 0. The summed E-state index contributed by atoms with van der Waals surface area (Å²) in [6, 6.07) is 7.90. The molecular weight excluding hydrogens is 355 g/mol. The van der Waals surface area contributed by atoms with Gasteiger partial charge in [0.1, 0.15) is 11.5 Å². The van der Waals surface area contributed by atoms with Crippen LogP contribution in [0.5, 0.6) is 0 Å². The summed E-state index contributed by atoms with van der Waals surface area (Å²) in [5.74, 6) is -0.355. The molecule has 132 valence electrons. The molecule has 0 spiro atoms. The van der Waals surface area contributed by atoms with Crippen LogP contribution in [0.15, 0.2) is 36.4 Å². The van der Waals surface area contributed by atoms with E-state index in [1.54, 1.807) is 30.3 Å². The van der Waals surface area contributed by atoms with Gasteiger partial charge in [0.05, 0.1) is 0 Å². The first kappa shape index (κ1) is 18.9. The van der Waals surface area contributed by atoms with E-state index in [0.717, 1.165) is 6.07 Å². The van der Waals surface area contributed by atoms with Crippen molar-refractivity contribution in [1.82, 2.24) is 15.3 Å². The molecule has 0 aliphatic carbocycles. The van der Waals surface area contributed by atoms with Crippen molar-refractivity contribution in [3.63, 3.8) is 0 Å². The lowest BCUT2D eigenvalue weighted by Gasteiger charge is -2.09. The van der Waals surface area contributed by atoms with E-state index in [1.807, 2.05) is 0 Å². The smallest absolute Gasteiger partial charge is 0.352 e. The van der Waals surface area contributed by atoms with Gasteiger partial charge in [0.15, 0.2) is 0 Å². The molecule has 0 atom stereocenters. The second-order valence-electron chi connectivity index (χ2n) is 5.20. The van der Waals surface area contributed by atoms with Gasteiger partial charge in [-0.3, -0.25) is 4.79 Å². The van der Waals surface area contributed by atoms with Gasteiger partial charge < -0.3 is 5.32 Å². The number of aromatic nitrogens is 2. The van der Waals surface area contributed by atoms with E-state index in [9.17, 15) is 18.0 Å². The van der Waals surface area contributed by atoms with Crippen LogP contribution in [0.4, 0.5) is 13.2 Å². The molecule has 0 unspecified atom stereocenters. The molecule has 0 radical (unpaired) electrons. The standard InChI is InChI=1S/C17H15ClF3N3O/c1-11-10-14(17(19,20)21)24-15(23-11)8-9-22-16(25)7-6-12-4-2-3-5-13(12)18/h2-7,10H,8-9H2,1H3,(H,22,25). The van der Waals surface area contributed by atoms with Crippen LogP contribution in [-0.4, -0.2) is 22.4 Å². The summed E-state index contributed by atoms with van der Waals surface area (Å²) in [5, 5.41) is 3.08. The quantitative estimate of drug-likeness (QED) is 0.815. The van der Waals surface area contributed by atoms with E-state index in [0.29, 0.717) is 10.6 Å². The number of rotatable bonds is 5. The number of alkyl halides is 3. The lowest BCUT2D eigenvalue weighted by molar-refractivity contribution is -0.141. The maximum Gasteiger partial charge on any atom is 0.433 e. The van der Waals surface area contributed by atoms with Crippen LogP contribution in [0, 0.1) is 6.92 Å². The van der Waals surface area contributed by atoms with Crippen LogP contribution in [0.1, 0.15) is 22.8 Å². The minimum atomic E-state index is -4.52. The Morgan fingerprint density at radius 1 is 1.28 bits per heavy atom. The van der Waals surface area contributed by atoms with Gasteiger partial charge in [-0.1, -0.05) is 29.8 Å². The van der Waals surface area contributed by atoms with E-state index in [1.165, 1.54) is 13.0 Å². The molecule has 4 nitrogen and oxygen atoms in total. The van der Waals surface area contributed by atoms with Crippen molar-refractivity contribution in [2.24, 2.45) is 0 Å². The molecule has 1 aromatic heterocycles. The summed E-state index contributed by atoms with van der Waals surface area (Å²) in [4.78, 5) is 19.2. The maximum absolute atomic E-state index is 12.7. The topological polar surface area (TPSA) is 54.9 Å². The first-order valence-corrected chi connectivity index (χ1v) is 7.75. The Labute approximate surface area is 147 Å². The van der Waals surface area contributed by atoms with Crippen molar-refractivity contribution in [1.29, 1.82) is 0 Å². The number of aryl methyl sites for hydroxylation is 1. The van der Waals surface area contributed by atoms with Crippen LogP contribution in [-0.2, 0) is 17.4 Å². The highest BCUT2D eigenvalue weighted by Crippen LogP contribution is 2.27. The minimum Gasteiger partial charge on any atom is -0.352 e. The molecule has 0 aliphatic heterocycles. The lowest BCUT2D eigenvalue weighted by Crippen LogP contribution is -2.24. The predicted octanol–water partition coefficient (Wildman–Crippen LogP) is 3.83. The molecule has 1 heterocycles. The van der Waals surface area contributed by atoms with E-state index in [-0.39, 0.29) is 30.4 Å². The zero-order chi connectivity index (χ0) is 18.4. The van der Waals surface area contributed by atoms with Gasteiger partial charge in [0.2, 0.25) is 5.91 Å². The first-order valence-electron chi connectivity index (χ1n) is 7.38.